The number of nitriles is 1. The summed E-state index contributed by atoms with van der Waals surface area (Å²) in [5.41, 5.74) is 1.81. The zero-order valence-corrected chi connectivity index (χ0v) is 18.3. The quantitative estimate of drug-likeness (QED) is 0.227. The number of hydrogen-bond acceptors (Lipinski definition) is 5. The van der Waals surface area contributed by atoms with E-state index in [9.17, 15) is 14.4 Å². The number of carbonyl (C=O) groups excluding carboxylic acids is 3. The lowest BCUT2D eigenvalue weighted by Crippen LogP contribution is -2.52. The molecule has 3 amide bonds. The lowest BCUT2D eigenvalue weighted by Gasteiger charge is -2.34. The highest BCUT2D eigenvalue weighted by Gasteiger charge is 2.30. The molecule has 0 radical (unpaired) electrons. The summed E-state index contributed by atoms with van der Waals surface area (Å²) in [6, 6.07) is 6.94. The molecule has 0 aromatic heterocycles. The van der Waals surface area contributed by atoms with Crippen LogP contribution in [-0.4, -0.2) is 84.2 Å². The highest BCUT2D eigenvalue weighted by Crippen LogP contribution is 2.17. The van der Waals surface area contributed by atoms with Crippen molar-refractivity contribution in [2.24, 2.45) is 4.99 Å². The van der Waals surface area contributed by atoms with Crippen molar-refractivity contribution in [1.29, 1.82) is 5.26 Å². The van der Waals surface area contributed by atoms with Crippen LogP contribution in [0.4, 0.5) is 5.69 Å². The van der Waals surface area contributed by atoms with E-state index in [1.165, 1.54) is 0 Å². The zero-order valence-electron chi connectivity index (χ0n) is 18.3. The van der Waals surface area contributed by atoms with Crippen molar-refractivity contribution in [3.63, 3.8) is 0 Å². The first-order valence-electron chi connectivity index (χ1n) is 10.8. The van der Waals surface area contributed by atoms with Crippen molar-refractivity contribution in [2.45, 2.75) is 32.2 Å². The SMILES string of the molecule is Cc1cccc(NC(=NC2CCCCN(CC(=O)N3CCN(C=O)CC3)C2=O)NC#N)c1. The Morgan fingerprint density at radius 2 is 2.03 bits per heavy atom. The molecule has 1 aromatic rings. The fraction of sp³-hybridized carbons (Fsp3) is 0.500. The van der Waals surface area contributed by atoms with Crippen LogP contribution < -0.4 is 10.6 Å². The minimum atomic E-state index is -0.676. The van der Waals surface area contributed by atoms with Crippen molar-refractivity contribution in [3.05, 3.63) is 29.8 Å². The van der Waals surface area contributed by atoms with Gasteiger partial charge in [-0.2, -0.15) is 5.26 Å². The molecule has 2 saturated heterocycles. The van der Waals surface area contributed by atoms with Crippen LogP contribution in [0.1, 0.15) is 24.8 Å². The van der Waals surface area contributed by atoms with Crippen LogP contribution in [0.25, 0.3) is 0 Å². The molecule has 10 nitrogen and oxygen atoms in total. The van der Waals surface area contributed by atoms with Crippen LogP contribution in [0.5, 0.6) is 0 Å². The molecule has 1 unspecified atom stereocenters. The van der Waals surface area contributed by atoms with Gasteiger partial charge in [0.1, 0.15) is 6.04 Å². The summed E-state index contributed by atoms with van der Waals surface area (Å²) in [6.07, 6.45) is 4.79. The average molecular weight is 440 g/mol. The fourth-order valence-electron chi connectivity index (χ4n) is 3.87. The molecule has 1 atom stereocenters. The van der Waals surface area contributed by atoms with Gasteiger partial charge in [-0.15, -0.1) is 0 Å². The van der Waals surface area contributed by atoms with Crippen molar-refractivity contribution >= 4 is 29.9 Å². The Labute approximate surface area is 187 Å². The molecule has 2 N–H and O–H groups in total. The van der Waals surface area contributed by atoms with Crippen LogP contribution >= 0.6 is 0 Å². The molecule has 170 valence electrons. The first-order valence-corrected chi connectivity index (χ1v) is 10.8. The second-order valence-electron chi connectivity index (χ2n) is 8.00. The number of rotatable bonds is 5. The summed E-state index contributed by atoms with van der Waals surface area (Å²) in [5, 5.41) is 14.7. The Morgan fingerprint density at radius 1 is 1.25 bits per heavy atom. The van der Waals surface area contributed by atoms with Gasteiger partial charge in [-0.05, 0) is 43.9 Å². The lowest BCUT2D eigenvalue weighted by atomic mass is 10.1. The van der Waals surface area contributed by atoms with Crippen LogP contribution in [0.2, 0.25) is 0 Å². The standard InChI is InChI=1S/C22H29N7O3/c1-17-5-4-6-18(13-17)25-22(24-15-23)26-19-7-2-3-8-29(21(19)32)14-20(31)28-11-9-27(16-30)10-12-28/h4-6,13,16,19H,2-3,7-12,14H2,1H3,(H2,24,25,26). The van der Waals surface area contributed by atoms with E-state index in [2.05, 4.69) is 15.6 Å². The Kier molecular flexibility index (Phi) is 8.02. The van der Waals surface area contributed by atoms with E-state index in [1.54, 1.807) is 14.7 Å². The molecule has 0 bridgehead atoms. The number of anilines is 1. The van der Waals surface area contributed by atoms with Crippen molar-refractivity contribution < 1.29 is 14.4 Å². The maximum atomic E-state index is 13.2. The maximum Gasteiger partial charge on any atom is 0.247 e. The molecular weight excluding hydrogens is 410 g/mol. The minimum Gasteiger partial charge on any atom is -0.342 e. The number of aliphatic imine (C=N–C) groups is 1. The van der Waals surface area contributed by atoms with Crippen LogP contribution in [0, 0.1) is 18.4 Å². The van der Waals surface area contributed by atoms with Crippen molar-refractivity contribution in [2.75, 3.05) is 44.6 Å². The van der Waals surface area contributed by atoms with E-state index >= 15 is 0 Å². The summed E-state index contributed by atoms with van der Waals surface area (Å²) >= 11 is 0. The summed E-state index contributed by atoms with van der Waals surface area (Å²) < 4.78 is 0. The molecule has 2 fully saturated rings. The third-order valence-corrected chi connectivity index (χ3v) is 5.63. The van der Waals surface area contributed by atoms with Gasteiger partial charge in [0, 0.05) is 38.4 Å². The third kappa shape index (κ3) is 6.20. The van der Waals surface area contributed by atoms with E-state index in [4.69, 9.17) is 5.26 Å². The van der Waals surface area contributed by atoms with Crippen molar-refractivity contribution in [3.8, 4) is 6.19 Å². The van der Waals surface area contributed by atoms with E-state index < -0.39 is 6.04 Å². The number of aryl methyl sites for hydroxylation is 1. The second-order valence-corrected chi connectivity index (χ2v) is 8.00. The first-order chi connectivity index (χ1) is 15.5. The van der Waals surface area contributed by atoms with Gasteiger partial charge in [-0.3, -0.25) is 19.7 Å². The Morgan fingerprint density at radius 3 is 2.72 bits per heavy atom. The van der Waals surface area contributed by atoms with Crippen LogP contribution in [-0.2, 0) is 14.4 Å². The van der Waals surface area contributed by atoms with Crippen LogP contribution in [0.15, 0.2) is 29.3 Å². The van der Waals surface area contributed by atoms with E-state index in [0.717, 1.165) is 30.5 Å². The molecule has 2 aliphatic heterocycles. The van der Waals surface area contributed by atoms with Crippen LogP contribution in [0.3, 0.4) is 0 Å². The van der Waals surface area contributed by atoms with E-state index in [1.807, 2.05) is 37.4 Å². The summed E-state index contributed by atoms with van der Waals surface area (Å²) in [7, 11) is 0. The number of guanidine groups is 1. The number of hydrogen-bond donors (Lipinski definition) is 2. The largest absolute Gasteiger partial charge is 0.342 e. The molecular formula is C22H29N7O3. The summed E-state index contributed by atoms with van der Waals surface area (Å²) in [6.45, 7) is 4.40. The molecule has 1 aromatic carbocycles. The highest BCUT2D eigenvalue weighted by molar-refractivity contribution is 5.97. The predicted molar refractivity (Wildman–Crippen MR) is 119 cm³/mol. The number of nitrogens with one attached hydrogen (secondary N) is 2. The molecule has 0 spiro atoms. The minimum absolute atomic E-state index is 0.00172. The van der Waals surface area contributed by atoms with Gasteiger partial charge in [0.2, 0.25) is 24.2 Å². The Hall–Kier alpha value is -3.61. The van der Waals surface area contributed by atoms with Gasteiger partial charge in [0.05, 0.1) is 6.54 Å². The molecule has 3 rings (SSSR count). The fourth-order valence-corrected chi connectivity index (χ4v) is 3.87. The highest BCUT2D eigenvalue weighted by atomic mass is 16.2. The monoisotopic (exact) mass is 439 g/mol. The molecule has 2 heterocycles. The number of likely N-dealkylation sites (tertiary alicyclic amines) is 1. The van der Waals surface area contributed by atoms with Gasteiger partial charge in [-0.25, -0.2) is 4.99 Å². The maximum absolute atomic E-state index is 13.2. The van der Waals surface area contributed by atoms with Gasteiger partial charge in [0.25, 0.3) is 0 Å². The van der Waals surface area contributed by atoms with Crippen molar-refractivity contribution in [1.82, 2.24) is 20.0 Å². The number of carbonyl (C=O) groups is 3. The molecule has 0 aliphatic carbocycles. The lowest BCUT2D eigenvalue weighted by molar-refractivity contribution is -0.142. The first kappa shape index (κ1) is 23.1. The number of piperazine rings is 1. The summed E-state index contributed by atoms with van der Waals surface area (Å²) in [4.78, 5) is 46.2. The van der Waals surface area contributed by atoms with E-state index in [-0.39, 0.29) is 24.3 Å². The normalized spacial score (nSPS) is 19.8. The zero-order chi connectivity index (χ0) is 22.9. The van der Waals surface area contributed by atoms with Gasteiger partial charge < -0.3 is 20.0 Å². The molecule has 10 heteroatoms. The van der Waals surface area contributed by atoms with Gasteiger partial charge in [0.15, 0.2) is 6.19 Å². The predicted octanol–water partition coefficient (Wildman–Crippen LogP) is 0.515. The number of benzene rings is 1. The second kappa shape index (κ2) is 11.1. The smallest absolute Gasteiger partial charge is 0.247 e. The number of nitrogens with zero attached hydrogens (tertiary/aromatic N) is 5. The molecule has 0 saturated carbocycles. The van der Waals surface area contributed by atoms with Gasteiger partial charge >= 0.3 is 0 Å². The number of amides is 3. The summed E-state index contributed by atoms with van der Waals surface area (Å²) in [5.74, 6) is -0.137. The molecule has 2 aliphatic rings. The Balaban J connectivity index is 1.68. The topological polar surface area (TPSA) is 121 Å². The third-order valence-electron chi connectivity index (χ3n) is 5.63. The average Bonchev–Trinajstić information content (AvgIpc) is 2.95. The Bertz CT molecular complexity index is 903. The van der Waals surface area contributed by atoms with E-state index in [0.29, 0.717) is 39.1 Å². The molecule has 32 heavy (non-hydrogen) atoms. The van der Waals surface area contributed by atoms with Gasteiger partial charge in [-0.1, -0.05) is 12.1 Å².